The van der Waals surface area contributed by atoms with Gasteiger partial charge in [-0.2, -0.15) is 0 Å². The fraction of sp³-hybridized carbons (Fsp3) is 0.667. The normalized spacial score (nSPS) is 19.3. The average Bonchev–Trinajstić information content (AvgIpc) is 2.69. The quantitative estimate of drug-likeness (QED) is 0.777. The third-order valence-electron chi connectivity index (χ3n) is 3.96. The molecule has 2 nitrogen and oxygen atoms in total. The monoisotopic (exact) mass is 262 g/mol. The lowest BCUT2D eigenvalue weighted by Gasteiger charge is -2.26. The SMILES string of the molecule is Cc1nccc2c1CC(CO[Si](C)C(C)(C)C)C2. The van der Waals surface area contributed by atoms with Crippen LogP contribution in [0.2, 0.25) is 11.6 Å². The van der Waals surface area contributed by atoms with Crippen LogP contribution in [0.4, 0.5) is 0 Å². The molecule has 1 aliphatic carbocycles. The van der Waals surface area contributed by atoms with Gasteiger partial charge in [-0.25, -0.2) is 0 Å². The number of hydrogen-bond donors (Lipinski definition) is 0. The summed E-state index contributed by atoms with van der Waals surface area (Å²) >= 11 is 0. The van der Waals surface area contributed by atoms with E-state index < -0.39 is 9.04 Å². The minimum Gasteiger partial charge on any atom is -0.416 e. The molecular formula is C15H24NOSi. The highest BCUT2D eigenvalue weighted by molar-refractivity contribution is 6.53. The second kappa shape index (κ2) is 5.14. The Labute approximate surface area is 113 Å². The standard InChI is InChI=1S/C15H24NOSi/c1-11-14-9-12(8-13(14)6-7-16-11)10-17-18(5)15(2,3)4/h6-7,12H,8-10H2,1-5H3. The van der Waals surface area contributed by atoms with E-state index in [-0.39, 0.29) is 0 Å². The predicted molar refractivity (Wildman–Crippen MR) is 77.2 cm³/mol. The van der Waals surface area contributed by atoms with E-state index in [1.807, 2.05) is 6.20 Å². The van der Waals surface area contributed by atoms with Gasteiger partial charge in [-0.3, -0.25) is 4.98 Å². The van der Waals surface area contributed by atoms with Gasteiger partial charge in [0.2, 0.25) is 9.04 Å². The molecule has 1 aromatic rings. The lowest BCUT2D eigenvalue weighted by Crippen LogP contribution is -2.28. The molecule has 2 rings (SSSR count). The van der Waals surface area contributed by atoms with E-state index in [1.165, 1.54) is 16.8 Å². The van der Waals surface area contributed by atoms with Crippen LogP contribution in [0.3, 0.4) is 0 Å². The van der Waals surface area contributed by atoms with Crippen molar-refractivity contribution in [3.63, 3.8) is 0 Å². The highest BCUT2D eigenvalue weighted by Gasteiger charge is 2.28. The minimum absolute atomic E-state index is 0.327. The Bertz CT molecular complexity index is 425. The van der Waals surface area contributed by atoms with Crippen molar-refractivity contribution in [1.29, 1.82) is 0 Å². The maximum atomic E-state index is 6.14. The van der Waals surface area contributed by atoms with Gasteiger partial charge in [0, 0.05) is 18.5 Å². The van der Waals surface area contributed by atoms with Gasteiger partial charge in [0.25, 0.3) is 0 Å². The topological polar surface area (TPSA) is 22.1 Å². The number of aromatic nitrogens is 1. The summed E-state index contributed by atoms with van der Waals surface area (Å²) in [5, 5.41) is 0.327. The van der Waals surface area contributed by atoms with Crippen LogP contribution in [0.1, 0.15) is 37.6 Å². The van der Waals surface area contributed by atoms with E-state index in [9.17, 15) is 0 Å². The summed E-state index contributed by atoms with van der Waals surface area (Å²) in [5.74, 6) is 0.658. The largest absolute Gasteiger partial charge is 0.416 e. The van der Waals surface area contributed by atoms with E-state index in [1.54, 1.807) is 0 Å². The van der Waals surface area contributed by atoms with Crippen LogP contribution in [0.5, 0.6) is 0 Å². The Morgan fingerprint density at radius 3 is 2.72 bits per heavy atom. The van der Waals surface area contributed by atoms with Crippen molar-refractivity contribution >= 4 is 9.04 Å². The number of pyridine rings is 1. The van der Waals surface area contributed by atoms with Crippen LogP contribution in [0, 0.1) is 12.8 Å². The molecule has 1 atom stereocenters. The first-order valence-corrected chi connectivity index (χ1v) is 8.69. The third kappa shape index (κ3) is 3.01. The fourth-order valence-electron chi connectivity index (χ4n) is 2.37. The molecule has 1 unspecified atom stereocenters. The molecule has 18 heavy (non-hydrogen) atoms. The zero-order chi connectivity index (χ0) is 13.3. The molecule has 99 valence electrons. The zero-order valence-corrected chi connectivity index (χ0v) is 13.2. The fourth-order valence-corrected chi connectivity index (χ4v) is 3.29. The third-order valence-corrected chi connectivity index (χ3v) is 6.67. The molecule has 1 aliphatic rings. The summed E-state index contributed by atoms with van der Waals surface area (Å²) in [6.45, 7) is 12.1. The predicted octanol–water partition coefficient (Wildman–Crippen LogP) is 3.54. The molecule has 0 amide bonds. The molecule has 3 heteroatoms. The molecule has 0 bridgehead atoms. The van der Waals surface area contributed by atoms with Crippen molar-refractivity contribution in [1.82, 2.24) is 4.98 Å². The molecule has 0 spiro atoms. The summed E-state index contributed by atoms with van der Waals surface area (Å²) in [4.78, 5) is 4.39. The molecule has 0 saturated carbocycles. The average molecular weight is 262 g/mol. The van der Waals surface area contributed by atoms with E-state index in [0.29, 0.717) is 11.0 Å². The van der Waals surface area contributed by atoms with E-state index in [0.717, 1.165) is 19.4 Å². The Hall–Kier alpha value is -0.673. The number of fused-ring (bicyclic) bond motifs is 1. The summed E-state index contributed by atoms with van der Waals surface area (Å²) in [6.07, 6.45) is 4.24. The summed E-state index contributed by atoms with van der Waals surface area (Å²) < 4.78 is 6.14. The maximum absolute atomic E-state index is 6.14. The van der Waals surface area contributed by atoms with Crippen LogP contribution >= 0.6 is 0 Å². The molecular weight excluding hydrogens is 238 g/mol. The summed E-state index contributed by atoms with van der Waals surface area (Å²) in [5.41, 5.74) is 4.15. The van der Waals surface area contributed by atoms with Crippen LogP contribution in [0.15, 0.2) is 12.3 Å². The first-order chi connectivity index (χ1) is 8.38. The van der Waals surface area contributed by atoms with Gasteiger partial charge in [-0.15, -0.1) is 0 Å². The molecule has 1 aromatic heterocycles. The minimum atomic E-state index is -0.704. The highest BCUT2D eigenvalue weighted by atomic mass is 28.3. The van der Waals surface area contributed by atoms with Gasteiger partial charge in [-0.1, -0.05) is 20.8 Å². The first-order valence-electron chi connectivity index (χ1n) is 6.78. The second-order valence-corrected chi connectivity index (χ2v) is 9.33. The molecule has 0 saturated heterocycles. The van der Waals surface area contributed by atoms with E-state index in [2.05, 4.69) is 45.3 Å². The van der Waals surface area contributed by atoms with E-state index in [4.69, 9.17) is 4.43 Å². The smallest absolute Gasteiger partial charge is 0.213 e. The van der Waals surface area contributed by atoms with Crippen molar-refractivity contribution in [2.75, 3.05) is 6.61 Å². The van der Waals surface area contributed by atoms with Gasteiger partial charge in [0.1, 0.15) is 0 Å². The number of nitrogens with zero attached hydrogens (tertiary/aromatic N) is 1. The molecule has 0 N–H and O–H groups in total. The lowest BCUT2D eigenvalue weighted by molar-refractivity contribution is 0.246. The number of aryl methyl sites for hydroxylation is 1. The zero-order valence-electron chi connectivity index (χ0n) is 12.2. The van der Waals surface area contributed by atoms with E-state index >= 15 is 0 Å². The molecule has 0 fully saturated rings. The number of hydrogen-bond acceptors (Lipinski definition) is 2. The summed E-state index contributed by atoms with van der Waals surface area (Å²) in [7, 11) is -0.704. The van der Waals surface area contributed by atoms with Gasteiger partial charge in [0.15, 0.2) is 0 Å². The van der Waals surface area contributed by atoms with Gasteiger partial charge >= 0.3 is 0 Å². The Balaban J connectivity index is 1.91. The van der Waals surface area contributed by atoms with Crippen LogP contribution < -0.4 is 0 Å². The number of rotatable bonds is 3. The van der Waals surface area contributed by atoms with Crippen molar-refractivity contribution in [3.8, 4) is 0 Å². The Morgan fingerprint density at radius 1 is 1.39 bits per heavy atom. The van der Waals surface area contributed by atoms with Crippen molar-refractivity contribution < 1.29 is 4.43 Å². The second-order valence-electron chi connectivity index (χ2n) is 6.43. The summed E-state index contributed by atoms with van der Waals surface area (Å²) in [6, 6.07) is 2.17. The van der Waals surface area contributed by atoms with Crippen molar-refractivity contribution in [2.45, 2.75) is 52.1 Å². The van der Waals surface area contributed by atoms with Gasteiger partial charge < -0.3 is 4.43 Å². The van der Waals surface area contributed by atoms with Crippen LogP contribution in [-0.4, -0.2) is 20.6 Å². The van der Waals surface area contributed by atoms with Crippen LogP contribution in [-0.2, 0) is 17.3 Å². The Kier molecular flexibility index (Phi) is 3.92. The van der Waals surface area contributed by atoms with Crippen molar-refractivity contribution in [3.05, 3.63) is 29.1 Å². The van der Waals surface area contributed by atoms with Crippen LogP contribution in [0.25, 0.3) is 0 Å². The van der Waals surface area contributed by atoms with Gasteiger partial charge in [-0.05, 0) is 54.5 Å². The molecule has 0 aromatic carbocycles. The Morgan fingerprint density at radius 2 is 2.11 bits per heavy atom. The van der Waals surface area contributed by atoms with Gasteiger partial charge in [0.05, 0.1) is 0 Å². The molecule has 0 aliphatic heterocycles. The lowest BCUT2D eigenvalue weighted by atomic mass is 10.1. The molecule has 1 heterocycles. The highest BCUT2D eigenvalue weighted by Crippen LogP contribution is 2.31. The van der Waals surface area contributed by atoms with Crippen molar-refractivity contribution in [2.24, 2.45) is 5.92 Å². The molecule has 1 radical (unpaired) electrons. The maximum Gasteiger partial charge on any atom is 0.213 e. The first kappa shape index (κ1) is 13.8.